The van der Waals surface area contributed by atoms with Crippen molar-refractivity contribution in [3.05, 3.63) is 63.6 Å². The second kappa shape index (κ2) is 7.82. The summed E-state index contributed by atoms with van der Waals surface area (Å²) in [6, 6.07) is 12.7. The van der Waals surface area contributed by atoms with Crippen molar-refractivity contribution in [2.24, 2.45) is 5.10 Å². The molecule has 0 saturated carbocycles. The maximum absolute atomic E-state index is 11.7. The molecule has 0 radical (unpaired) electrons. The molecule has 0 bridgehead atoms. The van der Waals surface area contributed by atoms with Gasteiger partial charge in [0, 0.05) is 15.7 Å². The monoisotopic (exact) mass is 335 g/mol. The highest BCUT2D eigenvalue weighted by atomic mass is 35.5. The molecule has 2 aromatic rings. The first-order chi connectivity index (χ1) is 10.6. The first-order valence-electron chi connectivity index (χ1n) is 6.63. The maximum atomic E-state index is 11.7. The Labute approximate surface area is 139 Å². The molecule has 114 valence electrons. The Morgan fingerprint density at radius 3 is 2.77 bits per heavy atom. The zero-order chi connectivity index (χ0) is 15.9. The van der Waals surface area contributed by atoms with Crippen LogP contribution in [0.15, 0.2) is 47.6 Å². The summed E-state index contributed by atoms with van der Waals surface area (Å²) in [7, 11) is 0. The molecular weight excluding hydrogens is 321 g/mol. The molecule has 22 heavy (non-hydrogen) atoms. The Hall–Kier alpha value is -2.04. The third-order valence-corrected chi connectivity index (χ3v) is 3.60. The molecule has 2 rings (SSSR count). The van der Waals surface area contributed by atoms with Gasteiger partial charge in [0.05, 0.1) is 12.8 Å². The van der Waals surface area contributed by atoms with Gasteiger partial charge in [-0.2, -0.15) is 5.10 Å². The molecule has 0 aliphatic carbocycles. The van der Waals surface area contributed by atoms with Gasteiger partial charge in [0.15, 0.2) is 0 Å². The van der Waals surface area contributed by atoms with Gasteiger partial charge in [-0.1, -0.05) is 41.4 Å². The highest BCUT2D eigenvalue weighted by Crippen LogP contribution is 2.22. The average Bonchev–Trinajstić information content (AvgIpc) is 2.49. The summed E-state index contributed by atoms with van der Waals surface area (Å²) in [5.74, 6) is -0.252. The smallest absolute Gasteiger partial charge is 0.259 e. The summed E-state index contributed by atoms with van der Waals surface area (Å²) in [5, 5.41) is 8.18. The van der Waals surface area contributed by atoms with Crippen molar-refractivity contribution in [2.45, 2.75) is 6.92 Å². The Morgan fingerprint density at radius 1 is 1.23 bits per heavy atom. The largest absolute Gasteiger partial charge is 0.376 e. The second-order valence-electron chi connectivity index (χ2n) is 4.61. The van der Waals surface area contributed by atoms with Gasteiger partial charge in [0.1, 0.15) is 0 Å². The highest BCUT2D eigenvalue weighted by molar-refractivity contribution is 6.31. The molecule has 0 fully saturated rings. The van der Waals surface area contributed by atoms with E-state index in [1.807, 2.05) is 31.2 Å². The van der Waals surface area contributed by atoms with E-state index in [0.29, 0.717) is 10.0 Å². The van der Waals surface area contributed by atoms with Crippen molar-refractivity contribution in [1.29, 1.82) is 0 Å². The van der Waals surface area contributed by atoms with Crippen LogP contribution in [-0.4, -0.2) is 18.7 Å². The lowest BCUT2D eigenvalue weighted by Crippen LogP contribution is -2.26. The molecule has 2 N–H and O–H groups in total. The van der Waals surface area contributed by atoms with Crippen molar-refractivity contribution in [3.63, 3.8) is 0 Å². The first-order valence-corrected chi connectivity index (χ1v) is 7.38. The Morgan fingerprint density at radius 2 is 2.00 bits per heavy atom. The molecule has 0 aliphatic heterocycles. The third kappa shape index (κ3) is 4.76. The number of carbonyl (C=O) groups excluding carboxylic acids is 1. The highest BCUT2D eigenvalue weighted by Gasteiger charge is 2.04. The molecule has 0 unspecified atom stereocenters. The fourth-order valence-corrected chi connectivity index (χ4v) is 2.15. The van der Waals surface area contributed by atoms with Gasteiger partial charge < -0.3 is 5.32 Å². The topological polar surface area (TPSA) is 53.5 Å². The SMILES string of the molecule is Cc1c(Cl)cccc1NCC(=O)NN=Cc1cccc(Cl)c1. The molecule has 4 nitrogen and oxygen atoms in total. The van der Waals surface area contributed by atoms with E-state index in [9.17, 15) is 4.79 Å². The van der Waals surface area contributed by atoms with Crippen molar-refractivity contribution < 1.29 is 4.79 Å². The molecule has 0 spiro atoms. The first kappa shape index (κ1) is 16.3. The van der Waals surface area contributed by atoms with E-state index in [0.717, 1.165) is 16.8 Å². The molecule has 0 heterocycles. The molecule has 0 aliphatic rings. The number of anilines is 1. The molecule has 0 atom stereocenters. The lowest BCUT2D eigenvalue weighted by atomic mass is 10.2. The fourth-order valence-electron chi connectivity index (χ4n) is 1.78. The number of nitrogens with one attached hydrogen (secondary N) is 2. The lowest BCUT2D eigenvalue weighted by Gasteiger charge is -2.09. The van der Waals surface area contributed by atoms with E-state index in [1.165, 1.54) is 6.21 Å². The van der Waals surface area contributed by atoms with E-state index >= 15 is 0 Å². The third-order valence-electron chi connectivity index (χ3n) is 2.96. The van der Waals surface area contributed by atoms with Crippen LogP contribution in [0.5, 0.6) is 0 Å². The molecular formula is C16H15Cl2N3O. The molecule has 1 amide bonds. The summed E-state index contributed by atoms with van der Waals surface area (Å²) in [4.78, 5) is 11.7. The second-order valence-corrected chi connectivity index (χ2v) is 5.46. The van der Waals surface area contributed by atoms with E-state index in [1.54, 1.807) is 18.2 Å². The number of carbonyl (C=O) groups is 1. The van der Waals surface area contributed by atoms with Gasteiger partial charge >= 0.3 is 0 Å². The van der Waals surface area contributed by atoms with E-state index in [2.05, 4.69) is 15.8 Å². The minimum Gasteiger partial charge on any atom is -0.376 e. The number of hydrogen-bond acceptors (Lipinski definition) is 3. The molecule has 6 heteroatoms. The minimum atomic E-state index is -0.252. The van der Waals surface area contributed by atoms with Crippen LogP contribution in [-0.2, 0) is 4.79 Å². The predicted octanol–water partition coefficient (Wildman–Crippen LogP) is 3.86. The summed E-state index contributed by atoms with van der Waals surface area (Å²) >= 11 is 11.9. The summed E-state index contributed by atoms with van der Waals surface area (Å²) < 4.78 is 0. The zero-order valence-corrected chi connectivity index (χ0v) is 13.4. The van der Waals surface area contributed by atoms with Crippen LogP contribution < -0.4 is 10.7 Å². The van der Waals surface area contributed by atoms with Crippen molar-refractivity contribution >= 4 is 41.0 Å². The van der Waals surface area contributed by atoms with Crippen LogP contribution in [0.1, 0.15) is 11.1 Å². The van der Waals surface area contributed by atoms with E-state index < -0.39 is 0 Å². The van der Waals surface area contributed by atoms with E-state index in [-0.39, 0.29) is 12.5 Å². The number of amides is 1. The number of halogens is 2. The van der Waals surface area contributed by atoms with Gasteiger partial charge in [-0.05, 0) is 42.3 Å². The van der Waals surface area contributed by atoms with Gasteiger partial charge in [0.2, 0.25) is 0 Å². The van der Waals surface area contributed by atoms with Crippen molar-refractivity contribution in [2.75, 3.05) is 11.9 Å². The van der Waals surface area contributed by atoms with Crippen molar-refractivity contribution in [3.8, 4) is 0 Å². The zero-order valence-electron chi connectivity index (χ0n) is 11.9. The Bertz CT molecular complexity index is 702. The van der Waals surface area contributed by atoms with Gasteiger partial charge in [-0.25, -0.2) is 5.43 Å². The van der Waals surface area contributed by atoms with Crippen LogP contribution in [0, 0.1) is 6.92 Å². The van der Waals surface area contributed by atoms with E-state index in [4.69, 9.17) is 23.2 Å². The summed E-state index contributed by atoms with van der Waals surface area (Å²) in [6.07, 6.45) is 1.54. The van der Waals surface area contributed by atoms with Gasteiger partial charge in [-0.3, -0.25) is 4.79 Å². The standard InChI is InChI=1S/C16H15Cl2N3O/c1-11-14(18)6-3-7-15(11)19-10-16(22)21-20-9-12-4-2-5-13(17)8-12/h2-9,19H,10H2,1H3,(H,21,22). The molecule has 2 aromatic carbocycles. The van der Waals surface area contributed by atoms with Gasteiger partial charge in [0.25, 0.3) is 5.91 Å². The maximum Gasteiger partial charge on any atom is 0.259 e. The van der Waals surface area contributed by atoms with Crippen molar-refractivity contribution in [1.82, 2.24) is 5.43 Å². The quantitative estimate of drug-likeness (QED) is 0.643. The Kier molecular flexibility index (Phi) is 5.81. The summed E-state index contributed by atoms with van der Waals surface area (Å²) in [5.41, 5.74) is 4.98. The van der Waals surface area contributed by atoms with Crippen LogP contribution in [0.4, 0.5) is 5.69 Å². The van der Waals surface area contributed by atoms with Crippen LogP contribution in [0.25, 0.3) is 0 Å². The Balaban J connectivity index is 1.84. The number of benzene rings is 2. The molecule has 0 aromatic heterocycles. The number of nitrogens with zero attached hydrogens (tertiary/aromatic N) is 1. The predicted molar refractivity (Wildman–Crippen MR) is 91.9 cm³/mol. The van der Waals surface area contributed by atoms with Gasteiger partial charge in [-0.15, -0.1) is 0 Å². The average molecular weight is 336 g/mol. The molecule has 0 saturated heterocycles. The van der Waals surface area contributed by atoms with Crippen LogP contribution >= 0.6 is 23.2 Å². The normalized spacial score (nSPS) is 10.7. The van der Waals surface area contributed by atoms with Crippen LogP contribution in [0.2, 0.25) is 10.0 Å². The number of rotatable bonds is 5. The number of hydrazone groups is 1. The fraction of sp³-hybridized carbons (Fsp3) is 0.125. The lowest BCUT2D eigenvalue weighted by molar-refractivity contribution is -0.119. The number of hydrogen-bond donors (Lipinski definition) is 2. The minimum absolute atomic E-state index is 0.105. The van der Waals surface area contributed by atoms with Crippen LogP contribution in [0.3, 0.4) is 0 Å². The summed E-state index contributed by atoms with van der Waals surface area (Å²) in [6.45, 7) is 1.99.